The first-order valence-electron chi connectivity index (χ1n) is 9.74. The molecule has 0 aliphatic heterocycles. The Bertz CT molecular complexity index is 648. The average Bonchev–Trinajstić information content (AvgIpc) is 2.59. The number of methoxy groups -OCH3 is 1. The van der Waals surface area contributed by atoms with Crippen molar-refractivity contribution < 1.29 is 14.3 Å². The van der Waals surface area contributed by atoms with Crippen LogP contribution in [0.25, 0.3) is 0 Å². The SMILES string of the molecule is COc1ccc(CC(=O)NNC(=O)CC23CC4CC(CC(C4)C2)C3)cc1. The standard InChI is InChI=1S/C21H28N2O3/c1-26-18-4-2-14(3-5-18)9-19(24)22-23-20(25)13-21-10-15-6-16(11-21)8-17(7-15)12-21/h2-5,15-17H,6-13H2,1H3,(H,22,24)(H,23,25). The number of ether oxygens (including phenoxy) is 1. The quantitative estimate of drug-likeness (QED) is 0.797. The Balaban J connectivity index is 1.25. The van der Waals surface area contributed by atoms with Crippen LogP contribution in [0.15, 0.2) is 24.3 Å². The van der Waals surface area contributed by atoms with Crippen molar-refractivity contribution >= 4 is 11.8 Å². The van der Waals surface area contributed by atoms with E-state index in [1.807, 2.05) is 24.3 Å². The topological polar surface area (TPSA) is 67.4 Å². The van der Waals surface area contributed by atoms with Crippen LogP contribution in [0.4, 0.5) is 0 Å². The lowest BCUT2D eigenvalue weighted by Crippen LogP contribution is -2.50. The molecule has 2 N–H and O–H groups in total. The van der Waals surface area contributed by atoms with Crippen LogP contribution in [0.5, 0.6) is 5.75 Å². The Kier molecular flexibility index (Phi) is 4.63. The molecule has 26 heavy (non-hydrogen) atoms. The van der Waals surface area contributed by atoms with E-state index in [1.165, 1.54) is 38.5 Å². The number of benzene rings is 1. The number of rotatable bonds is 5. The van der Waals surface area contributed by atoms with Gasteiger partial charge in [-0.25, -0.2) is 0 Å². The number of carbonyl (C=O) groups excluding carboxylic acids is 2. The van der Waals surface area contributed by atoms with Gasteiger partial charge in [0.05, 0.1) is 13.5 Å². The second-order valence-corrected chi connectivity index (χ2v) is 8.72. The molecular formula is C21H28N2O3. The van der Waals surface area contributed by atoms with E-state index >= 15 is 0 Å². The van der Waals surface area contributed by atoms with Gasteiger partial charge in [-0.3, -0.25) is 20.4 Å². The van der Waals surface area contributed by atoms with E-state index in [2.05, 4.69) is 10.9 Å². The number of hydrogen-bond donors (Lipinski definition) is 2. The van der Waals surface area contributed by atoms with Crippen molar-refractivity contribution in [2.45, 2.75) is 51.4 Å². The van der Waals surface area contributed by atoms with Gasteiger partial charge in [0.15, 0.2) is 0 Å². The van der Waals surface area contributed by atoms with E-state index < -0.39 is 0 Å². The van der Waals surface area contributed by atoms with Crippen molar-refractivity contribution in [3.05, 3.63) is 29.8 Å². The molecule has 5 rings (SSSR count). The molecule has 4 aliphatic rings. The zero-order valence-electron chi connectivity index (χ0n) is 15.4. The lowest BCUT2D eigenvalue weighted by atomic mass is 9.49. The van der Waals surface area contributed by atoms with Crippen molar-refractivity contribution in [2.24, 2.45) is 23.2 Å². The van der Waals surface area contributed by atoms with Crippen LogP contribution in [0, 0.1) is 23.2 Å². The van der Waals surface area contributed by atoms with Gasteiger partial charge >= 0.3 is 0 Å². The van der Waals surface area contributed by atoms with E-state index in [0.717, 1.165) is 29.1 Å². The van der Waals surface area contributed by atoms with Crippen molar-refractivity contribution in [1.82, 2.24) is 10.9 Å². The summed E-state index contributed by atoms with van der Waals surface area (Å²) in [5, 5.41) is 0. The predicted molar refractivity (Wildman–Crippen MR) is 98.2 cm³/mol. The summed E-state index contributed by atoms with van der Waals surface area (Å²) < 4.78 is 5.11. The molecule has 1 aromatic rings. The molecular weight excluding hydrogens is 328 g/mol. The lowest BCUT2D eigenvalue weighted by molar-refractivity contribution is -0.134. The van der Waals surface area contributed by atoms with Gasteiger partial charge in [-0.15, -0.1) is 0 Å². The molecule has 140 valence electrons. The highest BCUT2D eigenvalue weighted by molar-refractivity contribution is 5.83. The van der Waals surface area contributed by atoms with Gasteiger partial charge in [0, 0.05) is 6.42 Å². The Morgan fingerprint density at radius 1 is 0.962 bits per heavy atom. The maximum atomic E-state index is 12.4. The van der Waals surface area contributed by atoms with Crippen molar-refractivity contribution in [3.63, 3.8) is 0 Å². The summed E-state index contributed by atoms with van der Waals surface area (Å²) in [7, 11) is 1.61. The second-order valence-electron chi connectivity index (χ2n) is 8.72. The van der Waals surface area contributed by atoms with E-state index in [-0.39, 0.29) is 23.7 Å². The van der Waals surface area contributed by atoms with Gasteiger partial charge in [-0.05, 0) is 79.4 Å². The minimum Gasteiger partial charge on any atom is -0.497 e. The summed E-state index contributed by atoms with van der Waals surface area (Å²) in [5.74, 6) is 3.01. The van der Waals surface area contributed by atoms with Crippen LogP contribution in [-0.2, 0) is 16.0 Å². The summed E-state index contributed by atoms with van der Waals surface area (Å²) in [6.07, 6.45) is 8.52. The number of hydrogen-bond acceptors (Lipinski definition) is 3. The molecule has 0 radical (unpaired) electrons. The molecule has 0 aromatic heterocycles. The van der Waals surface area contributed by atoms with Crippen molar-refractivity contribution in [2.75, 3.05) is 7.11 Å². The lowest BCUT2D eigenvalue weighted by Gasteiger charge is -2.56. The summed E-state index contributed by atoms with van der Waals surface area (Å²) in [6.45, 7) is 0. The van der Waals surface area contributed by atoms with Crippen LogP contribution in [0.3, 0.4) is 0 Å². The highest BCUT2D eigenvalue weighted by Crippen LogP contribution is 2.61. The van der Waals surface area contributed by atoms with Gasteiger partial charge in [-0.1, -0.05) is 12.1 Å². The van der Waals surface area contributed by atoms with Gasteiger partial charge in [0.2, 0.25) is 11.8 Å². The number of amides is 2. The summed E-state index contributed by atoms with van der Waals surface area (Å²) in [5.41, 5.74) is 6.29. The van der Waals surface area contributed by atoms with Crippen molar-refractivity contribution in [3.8, 4) is 5.75 Å². The number of nitrogens with one attached hydrogen (secondary N) is 2. The monoisotopic (exact) mass is 356 g/mol. The summed E-state index contributed by atoms with van der Waals surface area (Å²) >= 11 is 0. The van der Waals surface area contributed by atoms with E-state index in [1.54, 1.807) is 7.11 Å². The van der Waals surface area contributed by atoms with Crippen LogP contribution < -0.4 is 15.6 Å². The minimum absolute atomic E-state index is 0.0463. The molecule has 4 bridgehead atoms. The molecule has 0 spiro atoms. The van der Waals surface area contributed by atoms with Crippen LogP contribution in [-0.4, -0.2) is 18.9 Å². The molecule has 0 saturated heterocycles. The van der Waals surface area contributed by atoms with Crippen molar-refractivity contribution in [1.29, 1.82) is 0 Å². The molecule has 4 aliphatic carbocycles. The highest BCUT2D eigenvalue weighted by Gasteiger charge is 2.51. The maximum Gasteiger partial charge on any atom is 0.242 e. The fraction of sp³-hybridized carbons (Fsp3) is 0.619. The molecule has 2 amide bonds. The fourth-order valence-corrected chi connectivity index (χ4v) is 6.00. The largest absolute Gasteiger partial charge is 0.497 e. The Morgan fingerprint density at radius 2 is 1.50 bits per heavy atom. The first-order valence-corrected chi connectivity index (χ1v) is 9.74. The Hall–Kier alpha value is -2.04. The van der Waals surface area contributed by atoms with Crippen LogP contribution >= 0.6 is 0 Å². The third kappa shape index (κ3) is 3.71. The van der Waals surface area contributed by atoms with E-state index in [4.69, 9.17) is 4.74 Å². The fourth-order valence-electron chi connectivity index (χ4n) is 6.00. The minimum atomic E-state index is -0.200. The zero-order valence-corrected chi connectivity index (χ0v) is 15.4. The normalized spacial score (nSPS) is 31.5. The highest BCUT2D eigenvalue weighted by atomic mass is 16.5. The third-order valence-corrected chi connectivity index (χ3v) is 6.57. The Morgan fingerprint density at radius 3 is 2.04 bits per heavy atom. The summed E-state index contributed by atoms with van der Waals surface area (Å²) in [4.78, 5) is 24.5. The first-order chi connectivity index (χ1) is 12.5. The van der Waals surface area contributed by atoms with Gasteiger partial charge in [0.1, 0.15) is 5.75 Å². The molecule has 0 unspecified atom stereocenters. The van der Waals surface area contributed by atoms with Gasteiger partial charge < -0.3 is 4.74 Å². The Labute approximate surface area is 154 Å². The zero-order chi connectivity index (χ0) is 18.1. The van der Waals surface area contributed by atoms with Crippen LogP contribution in [0.2, 0.25) is 0 Å². The summed E-state index contributed by atoms with van der Waals surface area (Å²) in [6, 6.07) is 7.37. The first kappa shape index (κ1) is 17.4. The molecule has 5 heteroatoms. The van der Waals surface area contributed by atoms with Gasteiger partial charge in [-0.2, -0.15) is 0 Å². The molecule has 5 nitrogen and oxygen atoms in total. The maximum absolute atomic E-state index is 12.4. The molecule has 4 fully saturated rings. The van der Waals surface area contributed by atoms with E-state index in [9.17, 15) is 9.59 Å². The smallest absolute Gasteiger partial charge is 0.242 e. The average molecular weight is 356 g/mol. The third-order valence-electron chi connectivity index (χ3n) is 6.57. The number of carbonyl (C=O) groups is 2. The van der Waals surface area contributed by atoms with Gasteiger partial charge in [0.25, 0.3) is 0 Å². The second kappa shape index (κ2) is 6.93. The molecule has 4 saturated carbocycles. The molecule has 0 atom stereocenters. The molecule has 1 aromatic carbocycles. The van der Waals surface area contributed by atoms with Crippen LogP contribution in [0.1, 0.15) is 50.5 Å². The number of hydrazine groups is 1. The van der Waals surface area contributed by atoms with E-state index in [0.29, 0.717) is 6.42 Å². The predicted octanol–water partition coefficient (Wildman–Crippen LogP) is 2.99. The molecule has 0 heterocycles.